The van der Waals surface area contributed by atoms with Crippen molar-refractivity contribution in [2.75, 3.05) is 0 Å². The molecule has 1 unspecified atom stereocenters. The van der Waals surface area contributed by atoms with Gasteiger partial charge in [-0.15, -0.1) is 0 Å². The standard InChI is InChI=1S/C40H36N8O14S4.4Na/c1-27-24-33(14-20-37(27)43-41-31-10-16-35(17-11-31)63(49,50)51)45-47(61-45)39(23-22-30(9-8-29-6-4-3-5-7-29)40(26-39,65(55,56)57)66(58,59)60)48-46(62-48)34-15-21-38(28(2)25-34)44-42-32-12-18-36(19-13-32)64(52,53)54;;;;/h3-25,30H,26H2,1-2H3,(H,49,50,51)(H,52,53,54)(H,55,56,57)(H,58,59,60);;;;/q;4*+1/p-4. The van der Waals surface area contributed by atoms with Crippen LogP contribution in [0, 0.1) is 19.8 Å². The first-order chi connectivity index (χ1) is 31.0. The summed E-state index contributed by atoms with van der Waals surface area (Å²) in [5, 5.41) is 16.6. The van der Waals surface area contributed by atoms with Crippen LogP contribution in [0.2, 0.25) is 0 Å². The number of nitrogens with zero attached hydrogens (tertiary/aromatic N) is 8. The average molecular weight is 1070 g/mol. The van der Waals surface area contributed by atoms with Crippen LogP contribution in [0.5, 0.6) is 0 Å². The van der Waals surface area contributed by atoms with Gasteiger partial charge in [-0.3, -0.25) is 0 Å². The number of aromatic nitrogens is 4. The second kappa shape index (κ2) is 22.8. The van der Waals surface area contributed by atoms with Gasteiger partial charge in [-0.2, -0.15) is 20.5 Å². The van der Waals surface area contributed by atoms with E-state index in [4.69, 9.17) is 9.26 Å². The van der Waals surface area contributed by atoms with Gasteiger partial charge in [0, 0.05) is 12.3 Å². The topological polar surface area (TPSA) is 324 Å². The van der Waals surface area contributed by atoms with E-state index in [2.05, 4.69) is 20.5 Å². The molecule has 8 rings (SSSR count). The molecular weight excluding hydrogens is 1040 g/mol. The Morgan fingerprint density at radius 1 is 0.571 bits per heavy atom. The fraction of sp³-hybridized carbons (Fsp3) is 0.150. The monoisotopic (exact) mass is 1070 g/mol. The number of rotatable bonds is 14. The molecule has 0 saturated carbocycles. The first kappa shape index (κ1) is 59.8. The zero-order valence-corrected chi connectivity index (χ0v) is 49.3. The van der Waals surface area contributed by atoms with Crippen LogP contribution in [-0.4, -0.2) is 75.4 Å². The van der Waals surface area contributed by atoms with Gasteiger partial charge in [-0.25, -0.2) is 42.9 Å². The molecule has 5 aromatic carbocycles. The second-order valence-electron chi connectivity index (χ2n) is 14.9. The average Bonchev–Trinajstić information content (AvgIpc) is 4.20. The maximum Gasteiger partial charge on any atom is 1.00 e. The van der Waals surface area contributed by atoms with Crippen LogP contribution in [0.25, 0.3) is 17.5 Å². The molecule has 0 spiro atoms. The molecule has 1 aliphatic rings. The van der Waals surface area contributed by atoms with Crippen LogP contribution in [0.4, 0.5) is 22.7 Å². The van der Waals surface area contributed by atoms with Crippen molar-refractivity contribution in [3.05, 3.63) is 150 Å². The fourth-order valence-corrected chi connectivity index (χ4v) is 10.8. The molecular formula is C40H32N8Na4O14S4. The number of hydrogen-bond donors (Lipinski definition) is 0. The van der Waals surface area contributed by atoms with Crippen LogP contribution in [0.1, 0.15) is 23.1 Å². The maximum atomic E-state index is 13.4. The van der Waals surface area contributed by atoms with Gasteiger partial charge >= 0.3 is 118 Å². The molecule has 0 radical (unpaired) electrons. The minimum absolute atomic E-state index is 0. The van der Waals surface area contributed by atoms with E-state index in [0.29, 0.717) is 28.1 Å². The van der Waals surface area contributed by atoms with Gasteiger partial charge < -0.3 is 18.2 Å². The third-order valence-corrected chi connectivity index (χ3v) is 16.0. The van der Waals surface area contributed by atoms with E-state index >= 15 is 0 Å². The quantitative estimate of drug-likeness (QED) is 0.0425. The minimum Gasteiger partial charge on any atom is -0.747 e. The van der Waals surface area contributed by atoms with Crippen molar-refractivity contribution < 1.29 is 179 Å². The number of aryl methyl sites for hydroxylation is 2. The predicted octanol–water partition coefficient (Wildman–Crippen LogP) is -5.39. The van der Waals surface area contributed by atoms with E-state index in [0.717, 1.165) is 55.8 Å². The van der Waals surface area contributed by atoms with Crippen molar-refractivity contribution in [2.24, 2.45) is 26.4 Å². The van der Waals surface area contributed by atoms with Crippen molar-refractivity contribution in [3.63, 3.8) is 0 Å². The Hall–Kier alpha value is -2.78. The van der Waals surface area contributed by atoms with Gasteiger partial charge in [0.05, 0.1) is 32.5 Å². The Morgan fingerprint density at radius 3 is 1.36 bits per heavy atom. The van der Waals surface area contributed by atoms with Crippen molar-refractivity contribution in [3.8, 4) is 11.4 Å². The summed E-state index contributed by atoms with van der Waals surface area (Å²) in [6.45, 7) is 3.33. The summed E-state index contributed by atoms with van der Waals surface area (Å²) in [4.78, 5) is 3.42. The second-order valence-corrected chi connectivity index (χ2v) is 21.2. The molecule has 70 heavy (non-hydrogen) atoms. The molecule has 0 fully saturated rings. The summed E-state index contributed by atoms with van der Waals surface area (Å²) in [7, 11) is -21.4. The molecule has 7 aromatic rings. The molecule has 22 nitrogen and oxygen atoms in total. The molecule has 0 N–H and O–H groups in total. The molecule has 0 bridgehead atoms. The van der Waals surface area contributed by atoms with Gasteiger partial charge in [-0.1, -0.05) is 58.3 Å². The molecule has 2 aromatic heterocycles. The zero-order chi connectivity index (χ0) is 47.5. The molecule has 1 aliphatic carbocycles. The number of allylic oxidation sites excluding steroid dienone is 3. The minimum atomic E-state index is -6.04. The predicted molar refractivity (Wildman–Crippen MR) is 227 cm³/mol. The Kier molecular flexibility index (Phi) is 19.4. The van der Waals surface area contributed by atoms with Crippen LogP contribution >= 0.6 is 0 Å². The van der Waals surface area contributed by atoms with Crippen molar-refractivity contribution in [1.82, 2.24) is 19.4 Å². The molecule has 0 amide bonds. The first-order valence-electron chi connectivity index (χ1n) is 19.1. The molecule has 344 valence electrons. The Bertz CT molecular complexity index is 3360. The molecule has 0 aliphatic heterocycles. The summed E-state index contributed by atoms with van der Waals surface area (Å²) in [6.07, 6.45) is 3.75. The van der Waals surface area contributed by atoms with Gasteiger partial charge in [0.2, 0.25) is 5.66 Å². The summed E-state index contributed by atoms with van der Waals surface area (Å²) in [5.74, 6) is -1.79. The van der Waals surface area contributed by atoms with Crippen LogP contribution in [-0.2, 0) is 46.1 Å². The van der Waals surface area contributed by atoms with E-state index < -0.39 is 72.3 Å². The van der Waals surface area contributed by atoms with E-state index in [-0.39, 0.29) is 141 Å². The van der Waals surface area contributed by atoms with Crippen molar-refractivity contribution >= 4 is 69.3 Å². The third kappa shape index (κ3) is 12.6. The molecule has 1 atom stereocenters. The maximum absolute atomic E-state index is 13.4. The van der Waals surface area contributed by atoms with Gasteiger partial charge in [0.15, 0.2) is 4.08 Å². The Morgan fingerprint density at radius 2 is 0.986 bits per heavy atom. The summed E-state index contributed by atoms with van der Waals surface area (Å²) < 4.78 is 156. The van der Waals surface area contributed by atoms with Crippen molar-refractivity contribution in [2.45, 2.75) is 39.8 Å². The summed E-state index contributed by atoms with van der Waals surface area (Å²) >= 11 is 0. The van der Waals surface area contributed by atoms with E-state index in [1.165, 1.54) is 60.7 Å². The van der Waals surface area contributed by atoms with E-state index in [9.17, 15) is 51.9 Å². The number of benzene rings is 5. The van der Waals surface area contributed by atoms with Crippen molar-refractivity contribution in [1.29, 1.82) is 0 Å². The normalized spacial score (nSPS) is 17.3. The number of hydrogen-bond acceptors (Lipinski definition) is 18. The summed E-state index contributed by atoms with van der Waals surface area (Å²) in [6, 6.07) is 27.1. The van der Waals surface area contributed by atoms with Crippen LogP contribution < -0.4 is 118 Å². The summed E-state index contributed by atoms with van der Waals surface area (Å²) in [5.41, 5.74) is 1.07. The number of azo groups is 2. The fourth-order valence-electron chi connectivity index (χ4n) is 7.10. The molecule has 0 saturated heterocycles. The third-order valence-electron chi connectivity index (χ3n) is 10.6. The van der Waals surface area contributed by atoms with Crippen LogP contribution in [0.15, 0.2) is 173 Å². The van der Waals surface area contributed by atoms with Gasteiger partial charge in [0.1, 0.15) is 51.8 Å². The zero-order valence-electron chi connectivity index (χ0n) is 38.0. The first-order valence-corrected chi connectivity index (χ1v) is 24.7. The Labute approximate surface area is 489 Å². The van der Waals surface area contributed by atoms with E-state index in [1.807, 2.05) is 0 Å². The smallest absolute Gasteiger partial charge is 0.747 e. The SMILES string of the molecule is Cc1cc(-n2on2C2(n3on3-c3ccc(N=Nc4ccc(S(=O)(=O)[O-])cc4)c(C)c3)C=CC(C=Cc3ccccc3)C(S(=O)(=O)[O-])(S(=O)(=O)[O-])C2)ccc1N=Nc1ccc(S(=O)(=O)[O-])cc1.[Na+].[Na+].[Na+].[Na+]. The largest absolute Gasteiger partial charge is 1.00 e. The molecule has 30 heteroatoms. The van der Waals surface area contributed by atoms with Crippen LogP contribution in [0.3, 0.4) is 0 Å². The molecule has 2 heterocycles. The Balaban J connectivity index is 0.00000266. The van der Waals surface area contributed by atoms with Gasteiger partial charge in [0.25, 0.3) is 0 Å². The van der Waals surface area contributed by atoms with Gasteiger partial charge in [-0.05, 0) is 131 Å². The van der Waals surface area contributed by atoms with E-state index in [1.54, 1.807) is 56.3 Å².